The number of halogens is 1. The molecule has 0 spiro atoms. The Balaban J connectivity index is 2.61. The summed E-state index contributed by atoms with van der Waals surface area (Å²) in [7, 11) is 0. The average Bonchev–Trinajstić information content (AvgIpc) is 2.58. The topological polar surface area (TPSA) is 68.0 Å². The van der Waals surface area contributed by atoms with Crippen LogP contribution in [0.15, 0.2) is 16.6 Å². The number of rotatable bonds is 2. The van der Waals surface area contributed by atoms with Crippen LogP contribution >= 0.6 is 15.9 Å². The minimum Gasteiger partial charge on any atom is -0.478 e. The van der Waals surface area contributed by atoms with Gasteiger partial charge >= 0.3 is 5.97 Å². The highest BCUT2D eigenvalue weighted by Crippen LogP contribution is 2.19. The van der Waals surface area contributed by atoms with Gasteiger partial charge in [-0.1, -0.05) is 0 Å². The highest BCUT2D eigenvalue weighted by Gasteiger charge is 2.19. The number of hydrogen-bond donors (Lipinski definition) is 1. The lowest BCUT2D eigenvalue weighted by Crippen LogP contribution is -2.05. The lowest BCUT2D eigenvalue weighted by molar-refractivity contribution is 0.0695. The average molecular weight is 310 g/mol. The minimum absolute atomic E-state index is 0.234. The third-order valence-electron chi connectivity index (χ3n) is 2.73. The highest BCUT2D eigenvalue weighted by atomic mass is 79.9. The monoisotopic (exact) mass is 309 g/mol. The molecule has 0 aromatic carbocycles. The standard InChI is InChI=1S/C12H12BrN3O2/c1-6-9(13)4-5-10(14-6)16-8(3)11(12(17)18)7(2)15-16/h4-5H,1-3H3,(H,17,18). The number of aryl methyl sites for hydroxylation is 2. The van der Waals surface area contributed by atoms with Gasteiger partial charge in [0.05, 0.1) is 17.1 Å². The van der Waals surface area contributed by atoms with Gasteiger partial charge in [0.25, 0.3) is 0 Å². The van der Waals surface area contributed by atoms with Gasteiger partial charge < -0.3 is 5.11 Å². The fourth-order valence-corrected chi connectivity index (χ4v) is 2.04. The number of carboxylic acid groups (broad SMARTS) is 1. The Morgan fingerprint density at radius 2 is 1.94 bits per heavy atom. The van der Waals surface area contributed by atoms with E-state index in [0.717, 1.165) is 10.2 Å². The van der Waals surface area contributed by atoms with E-state index in [1.807, 2.05) is 13.0 Å². The molecule has 2 aromatic heterocycles. The molecule has 0 aliphatic rings. The molecular formula is C12H12BrN3O2. The van der Waals surface area contributed by atoms with Crippen LogP contribution in [0.2, 0.25) is 0 Å². The van der Waals surface area contributed by atoms with Crippen LogP contribution in [0.1, 0.15) is 27.4 Å². The number of aromatic carboxylic acids is 1. The summed E-state index contributed by atoms with van der Waals surface area (Å²) in [5, 5.41) is 13.4. The summed E-state index contributed by atoms with van der Waals surface area (Å²) in [6.07, 6.45) is 0. The molecule has 2 rings (SSSR count). The molecule has 0 fully saturated rings. The Labute approximate surface area is 113 Å². The first-order chi connectivity index (χ1) is 8.41. The van der Waals surface area contributed by atoms with Gasteiger partial charge in [0, 0.05) is 4.47 Å². The second kappa shape index (κ2) is 4.53. The summed E-state index contributed by atoms with van der Waals surface area (Å²) in [5.74, 6) is -0.353. The van der Waals surface area contributed by atoms with Crippen molar-refractivity contribution in [1.29, 1.82) is 0 Å². The zero-order valence-electron chi connectivity index (χ0n) is 10.2. The second-order valence-corrected chi connectivity index (χ2v) is 4.85. The van der Waals surface area contributed by atoms with Crippen molar-refractivity contribution in [2.45, 2.75) is 20.8 Å². The number of hydrogen-bond acceptors (Lipinski definition) is 3. The molecule has 2 heterocycles. The third kappa shape index (κ3) is 2.03. The van der Waals surface area contributed by atoms with Crippen molar-refractivity contribution in [3.05, 3.63) is 39.3 Å². The summed E-state index contributed by atoms with van der Waals surface area (Å²) >= 11 is 3.38. The van der Waals surface area contributed by atoms with Gasteiger partial charge in [-0.15, -0.1) is 0 Å². The van der Waals surface area contributed by atoms with Crippen LogP contribution < -0.4 is 0 Å². The number of nitrogens with zero attached hydrogens (tertiary/aromatic N) is 3. The Morgan fingerprint density at radius 1 is 1.28 bits per heavy atom. The third-order valence-corrected chi connectivity index (χ3v) is 3.57. The fraction of sp³-hybridized carbons (Fsp3) is 0.250. The molecule has 0 atom stereocenters. The van der Waals surface area contributed by atoms with Gasteiger partial charge in [-0.25, -0.2) is 14.5 Å². The molecule has 6 heteroatoms. The molecule has 5 nitrogen and oxygen atoms in total. The summed E-state index contributed by atoms with van der Waals surface area (Å²) in [5.41, 5.74) is 2.13. The van der Waals surface area contributed by atoms with Crippen molar-refractivity contribution in [3.63, 3.8) is 0 Å². The van der Waals surface area contributed by atoms with E-state index in [0.29, 0.717) is 17.2 Å². The van der Waals surface area contributed by atoms with Gasteiger partial charge in [-0.3, -0.25) is 0 Å². The summed E-state index contributed by atoms with van der Waals surface area (Å²) in [6.45, 7) is 5.28. The fourth-order valence-electron chi connectivity index (χ4n) is 1.82. The molecule has 1 N–H and O–H groups in total. The SMILES string of the molecule is Cc1nc(-n2nc(C)c(C(=O)O)c2C)ccc1Br. The maximum atomic E-state index is 11.1. The lowest BCUT2D eigenvalue weighted by Gasteiger charge is -2.05. The number of carbonyl (C=O) groups is 1. The van der Waals surface area contributed by atoms with Gasteiger partial charge in [0.15, 0.2) is 5.82 Å². The molecule has 0 unspecified atom stereocenters. The molecule has 94 valence electrons. The number of pyridine rings is 1. The van der Waals surface area contributed by atoms with E-state index in [1.165, 1.54) is 0 Å². The molecule has 0 amide bonds. The van der Waals surface area contributed by atoms with E-state index in [-0.39, 0.29) is 5.56 Å². The van der Waals surface area contributed by atoms with Crippen LogP contribution in [0.25, 0.3) is 5.82 Å². The Bertz CT molecular complexity index is 634. The van der Waals surface area contributed by atoms with Crippen LogP contribution in [0, 0.1) is 20.8 Å². The maximum Gasteiger partial charge on any atom is 0.339 e. The van der Waals surface area contributed by atoms with Gasteiger partial charge in [0.2, 0.25) is 0 Å². The Morgan fingerprint density at radius 3 is 2.44 bits per heavy atom. The van der Waals surface area contributed by atoms with Gasteiger partial charge in [-0.2, -0.15) is 5.10 Å². The zero-order valence-corrected chi connectivity index (χ0v) is 11.8. The zero-order chi connectivity index (χ0) is 13.4. The molecule has 0 saturated heterocycles. The van der Waals surface area contributed by atoms with Crippen molar-refractivity contribution in [1.82, 2.24) is 14.8 Å². The van der Waals surface area contributed by atoms with Gasteiger partial charge in [-0.05, 0) is 48.8 Å². The van der Waals surface area contributed by atoms with Crippen LogP contribution in [-0.4, -0.2) is 25.8 Å². The second-order valence-electron chi connectivity index (χ2n) is 4.00. The highest BCUT2D eigenvalue weighted by molar-refractivity contribution is 9.10. The van der Waals surface area contributed by atoms with Crippen LogP contribution in [0.5, 0.6) is 0 Å². The first-order valence-corrected chi connectivity index (χ1v) is 6.14. The summed E-state index contributed by atoms with van der Waals surface area (Å²) in [4.78, 5) is 15.5. The number of aromatic nitrogens is 3. The summed E-state index contributed by atoms with van der Waals surface area (Å²) in [6, 6.07) is 3.66. The summed E-state index contributed by atoms with van der Waals surface area (Å²) < 4.78 is 2.46. The quantitative estimate of drug-likeness (QED) is 0.926. The van der Waals surface area contributed by atoms with E-state index in [4.69, 9.17) is 5.11 Å². The largest absolute Gasteiger partial charge is 0.478 e. The van der Waals surface area contributed by atoms with Crippen molar-refractivity contribution in [3.8, 4) is 5.82 Å². The first kappa shape index (κ1) is 12.8. The van der Waals surface area contributed by atoms with E-state index >= 15 is 0 Å². The van der Waals surface area contributed by atoms with E-state index in [9.17, 15) is 4.79 Å². The maximum absolute atomic E-state index is 11.1. The first-order valence-electron chi connectivity index (χ1n) is 5.35. The van der Waals surface area contributed by atoms with Crippen molar-refractivity contribution >= 4 is 21.9 Å². The molecular weight excluding hydrogens is 298 g/mol. The van der Waals surface area contributed by atoms with Crippen LogP contribution in [0.4, 0.5) is 0 Å². The number of carboxylic acids is 1. The normalized spacial score (nSPS) is 10.7. The van der Waals surface area contributed by atoms with E-state index in [1.54, 1.807) is 24.6 Å². The van der Waals surface area contributed by atoms with Crippen LogP contribution in [0.3, 0.4) is 0 Å². The molecule has 0 saturated carbocycles. The smallest absolute Gasteiger partial charge is 0.339 e. The van der Waals surface area contributed by atoms with Crippen LogP contribution in [-0.2, 0) is 0 Å². The molecule has 18 heavy (non-hydrogen) atoms. The van der Waals surface area contributed by atoms with Crippen molar-refractivity contribution in [2.24, 2.45) is 0 Å². The molecule has 2 aromatic rings. The van der Waals surface area contributed by atoms with Crippen molar-refractivity contribution < 1.29 is 9.90 Å². The molecule has 0 bridgehead atoms. The Kier molecular flexibility index (Phi) is 3.21. The molecule has 0 aliphatic carbocycles. The van der Waals surface area contributed by atoms with Gasteiger partial charge in [0.1, 0.15) is 5.56 Å². The van der Waals surface area contributed by atoms with E-state index < -0.39 is 5.97 Å². The molecule has 0 aliphatic heterocycles. The minimum atomic E-state index is -0.968. The molecule has 0 radical (unpaired) electrons. The predicted octanol–water partition coefficient (Wildman–Crippen LogP) is 2.65. The lowest BCUT2D eigenvalue weighted by atomic mass is 10.2. The van der Waals surface area contributed by atoms with Crippen molar-refractivity contribution in [2.75, 3.05) is 0 Å². The predicted molar refractivity (Wildman–Crippen MR) is 70.2 cm³/mol. The Hall–Kier alpha value is -1.69. The van der Waals surface area contributed by atoms with E-state index in [2.05, 4.69) is 26.0 Å².